The maximum Gasteiger partial charge on any atom is 0.260 e. The fourth-order valence-corrected chi connectivity index (χ4v) is 2.14. The lowest BCUT2D eigenvalue weighted by atomic mass is 10.2. The Bertz CT molecular complexity index is 717. The number of aromatic nitrogens is 2. The zero-order valence-electron chi connectivity index (χ0n) is 9.11. The van der Waals surface area contributed by atoms with Crippen molar-refractivity contribution >= 4 is 38.4 Å². The van der Waals surface area contributed by atoms with Crippen LogP contribution in [0, 0.1) is 0 Å². The van der Waals surface area contributed by atoms with Gasteiger partial charge in [0, 0.05) is 5.39 Å². The Kier molecular flexibility index (Phi) is 2.64. The number of para-hydroxylation sites is 1. The molecule has 0 unspecified atom stereocenters. The molecule has 6 heteroatoms. The minimum Gasteiger partial charge on any atom is -0.457 e. The number of rotatable bonds is 2. The Labute approximate surface area is 110 Å². The van der Waals surface area contributed by atoms with Gasteiger partial charge < -0.3 is 9.73 Å². The summed E-state index contributed by atoms with van der Waals surface area (Å²) in [6, 6.07) is 7.19. The number of nitrogens with one attached hydrogen (secondary N) is 2. The van der Waals surface area contributed by atoms with Gasteiger partial charge in [0.1, 0.15) is 0 Å². The lowest BCUT2D eigenvalue weighted by molar-refractivity contribution is 0.102. The summed E-state index contributed by atoms with van der Waals surface area (Å²) in [5.41, 5.74) is 1.93. The molecular weight excluding hydrogens is 298 g/mol. The third-order valence-electron chi connectivity index (χ3n) is 2.59. The third kappa shape index (κ3) is 1.80. The van der Waals surface area contributed by atoms with Crippen LogP contribution in [0.25, 0.3) is 10.9 Å². The molecule has 5 nitrogen and oxygen atoms in total. The van der Waals surface area contributed by atoms with E-state index in [-0.39, 0.29) is 5.91 Å². The lowest BCUT2D eigenvalue weighted by Crippen LogP contribution is -2.11. The second-order valence-electron chi connectivity index (χ2n) is 3.70. The molecule has 1 amide bonds. The zero-order chi connectivity index (χ0) is 12.5. The second kappa shape index (κ2) is 4.30. The first-order chi connectivity index (χ1) is 8.75. The average Bonchev–Trinajstić information content (AvgIpc) is 2.97. The van der Waals surface area contributed by atoms with Gasteiger partial charge in [-0.2, -0.15) is 5.10 Å². The van der Waals surface area contributed by atoms with E-state index in [9.17, 15) is 4.79 Å². The molecule has 0 aliphatic heterocycles. The highest BCUT2D eigenvalue weighted by molar-refractivity contribution is 9.10. The number of hydrogen-bond acceptors (Lipinski definition) is 3. The number of anilines is 1. The van der Waals surface area contributed by atoms with E-state index in [1.807, 2.05) is 18.2 Å². The molecule has 1 aromatic carbocycles. The van der Waals surface area contributed by atoms with Crippen LogP contribution in [-0.4, -0.2) is 16.1 Å². The van der Waals surface area contributed by atoms with Crippen molar-refractivity contribution in [2.75, 3.05) is 5.32 Å². The fourth-order valence-electron chi connectivity index (χ4n) is 1.72. The zero-order valence-corrected chi connectivity index (χ0v) is 10.7. The molecule has 0 fully saturated rings. The van der Waals surface area contributed by atoms with Crippen LogP contribution in [0.4, 0.5) is 5.69 Å². The van der Waals surface area contributed by atoms with Crippen molar-refractivity contribution in [2.45, 2.75) is 0 Å². The van der Waals surface area contributed by atoms with Crippen LogP contribution in [0.5, 0.6) is 0 Å². The van der Waals surface area contributed by atoms with Crippen LogP contribution < -0.4 is 5.32 Å². The van der Waals surface area contributed by atoms with Crippen LogP contribution in [0.1, 0.15) is 10.4 Å². The molecule has 0 radical (unpaired) electrons. The van der Waals surface area contributed by atoms with Crippen molar-refractivity contribution < 1.29 is 9.21 Å². The van der Waals surface area contributed by atoms with Gasteiger partial charge in [-0.05, 0) is 28.1 Å². The van der Waals surface area contributed by atoms with Gasteiger partial charge in [0.2, 0.25) is 0 Å². The smallest absolute Gasteiger partial charge is 0.260 e. The van der Waals surface area contributed by atoms with E-state index in [0.717, 1.165) is 10.9 Å². The normalized spacial score (nSPS) is 10.7. The van der Waals surface area contributed by atoms with Crippen LogP contribution in [0.15, 0.2) is 45.8 Å². The topological polar surface area (TPSA) is 70.9 Å². The maximum atomic E-state index is 12.0. The predicted molar refractivity (Wildman–Crippen MR) is 70.5 cm³/mol. The van der Waals surface area contributed by atoms with Gasteiger partial charge >= 0.3 is 0 Å². The molecule has 0 atom stereocenters. The first-order valence-electron chi connectivity index (χ1n) is 5.22. The van der Waals surface area contributed by atoms with E-state index in [4.69, 9.17) is 4.42 Å². The Morgan fingerprint density at radius 3 is 3.06 bits per heavy atom. The van der Waals surface area contributed by atoms with Crippen molar-refractivity contribution in [3.8, 4) is 0 Å². The van der Waals surface area contributed by atoms with Crippen LogP contribution in [-0.2, 0) is 0 Å². The van der Waals surface area contributed by atoms with E-state index < -0.39 is 0 Å². The van der Waals surface area contributed by atoms with Crippen LogP contribution in [0.2, 0.25) is 0 Å². The summed E-state index contributed by atoms with van der Waals surface area (Å²) in [7, 11) is 0. The monoisotopic (exact) mass is 305 g/mol. The number of nitrogens with zero attached hydrogens (tertiary/aromatic N) is 1. The van der Waals surface area contributed by atoms with Gasteiger partial charge in [-0.25, -0.2) is 0 Å². The first kappa shape index (κ1) is 11.0. The number of carbonyl (C=O) groups excluding carboxylic acids is 1. The summed E-state index contributed by atoms with van der Waals surface area (Å²) in [4.78, 5) is 12.0. The van der Waals surface area contributed by atoms with Gasteiger partial charge in [-0.1, -0.05) is 12.1 Å². The van der Waals surface area contributed by atoms with E-state index in [2.05, 4.69) is 31.4 Å². The minimum atomic E-state index is -0.238. The minimum absolute atomic E-state index is 0.238. The first-order valence-corrected chi connectivity index (χ1v) is 6.01. The number of benzene rings is 1. The van der Waals surface area contributed by atoms with E-state index in [0.29, 0.717) is 15.9 Å². The number of halogens is 1. The maximum absolute atomic E-state index is 12.0. The number of aromatic amines is 1. The number of hydrogen-bond donors (Lipinski definition) is 2. The van der Waals surface area contributed by atoms with Gasteiger partial charge in [0.25, 0.3) is 5.91 Å². The third-order valence-corrected chi connectivity index (χ3v) is 3.20. The number of carbonyl (C=O) groups is 1. The van der Waals surface area contributed by atoms with Crippen LogP contribution in [0.3, 0.4) is 0 Å². The van der Waals surface area contributed by atoms with E-state index in [1.54, 1.807) is 12.3 Å². The van der Waals surface area contributed by atoms with E-state index in [1.165, 1.54) is 6.26 Å². The summed E-state index contributed by atoms with van der Waals surface area (Å²) in [5, 5.41) is 10.6. The van der Waals surface area contributed by atoms with Crippen molar-refractivity contribution in [2.24, 2.45) is 0 Å². The van der Waals surface area contributed by atoms with Gasteiger partial charge in [0.05, 0.1) is 29.2 Å². The Hall–Kier alpha value is -2.08. The Balaban J connectivity index is 1.95. The highest BCUT2D eigenvalue weighted by Gasteiger charge is 2.14. The molecule has 0 saturated carbocycles. The molecule has 2 heterocycles. The van der Waals surface area contributed by atoms with Gasteiger partial charge in [-0.3, -0.25) is 9.89 Å². The molecule has 2 N–H and O–H groups in total. The lowest BCUT2D eigenvalue weighted by Gasteiger charge is -2.04. The molecule has 18 heavy (non-hydrogen) atoms. The largest absolute Gasteiger partial charge is 0.457 e. The van der Waals surface area contributed by atoms with Crippen LogP contribution >= 0.6 is 15.9 Å². The summed E-state index contributed by atoms with van der Waals surface area (Å²) in [5.74, 6) is -0.238. The summed E-state index contributed by atoms with van der Waals surface area (Å²) < 4.78 is 5.45. The highest BCUT2D eigenvalue weighted by Crippen LogP contribution is 2.23. The summed E-state index contributed by atoms with van der Waals surface area (Å²) >= 11 is 3.17. The number of amides is 1. The van der Waals surface area contributed by atoms with E-state index >= 15 is 0 Å². The molecule has 0 aliphatic rings. The van der Waals surface area contributed by atoms with Crippen molar-refractivity contribution in [1.29, 1.82) is 0 Å². The molecule has 3 aromatic rings. The molecule has 0 aliphatic carbocycles. The standard InChI is InChI=1S/C12H8BrN3O2/c13-11-8(4-5-18-11)12(17)15-9-3-1-2-7-6-14-16-10(7)9/h1-6H,(H,14,16)(H,15,17). The fraction of sp³-hybridized carbons (Fsp3) is 0. The number of fused-ring (bicyclic) bond motifs is 1. The average molecular weight is 306 g/mol. The number of furan rings is 1. The number of H-pyrrole nitrogens is 1. The highest BCUT2D eigenvalue weighted by atomic mass is 79.9. The van der Waals surface area contributed by atoms with Crippen molar-refractivity contribution in [1.82, 2.24) is 10.2 Å². The Morgan fingerprint density at radius 2 is 2.28 bits per heavy atom. The Morgan fingerprint density at radius 1 is 1.39 bits per heavy atom. The molecule has 90 valence electrons. The van der Waals surface area contributed by atoms with Crippen molar-refractivity contribution in [3.05, 3.63) is 47.0 Å². The molecule has 3 rings (SSSR count). The van der Waals surface area contributed by atoms with Gasteiger partial charge in [0.15, 0.2) is 4.67 Å². The molecule has 0 spiro atoms. The van der Waals surface area contributed by atoms with Gasteiger partial charge in [-0.15, -0.1) is 0 Å². The molecule has 0 saturated heterocycles. The molecular formula is C12H8BrN3O2. The summed E-state index contributed by atoms with van der Waals surface area (Å²) in [6.45, 7) is 0. The molecule has 2 aromatic heterocycles. The second-order valence-corrected chi connectivity index (χ2v) is 4.42. The molecule has 0 bridgehead atoms. The quantitative estimate of drug-likeness (QED) is 0.764. The van der Waals surface area contributed by atoms with Crippen molar-refractivity contribution in [3.63, 3.8) is 0 Å². The predicted octanol–water partition coefficient (Wildman–Crippen LogP) is 3.17. The summed E-state index contributed by atoms with van der Waals surface area (Å²) in [6.07, 6.45) is 3.16. The SMILES string of the molecule is O=C(Nc1cccc2cn[nH]c12)c1ccoc1Br.